The van der Waals surface area contributed by atoms with Crippen LogP contribution in [0.25, 0.3) is 0 Å². The molecule has 2 rings (SSSR count). The Balaban J connectivity index is 2.47. The van der Waals surface area contributed by atoms with Gasteiger partial charge in [0.15, 0.2) is 5.82 Å². The van der Waals surface area contributed by atoms with E-state index in [-0.39, 0.29) is 5.60 Å². The molecule has 0 saturated heterocycles. The van der Waals surface area contributed by atoms with Crippen LogP contribution in [0, 0.1) is 3.57 Å². The summed E-state index contributed by atoms with van der Waals surface area (Å²) in [5, 5.41) is 3.19. The normalized spacial score (nSPS) is 18.6. The number of aromatic nitrogens is 2. The Hall–Kier alpha value is -0.430. The van der Waals surface area contributed by atoms with E-state index in [4.69, 9.17) is 14.7 Å². The first-order valence-electron chi connectivity index (χ1n) is 7.46. The number of nitrogens with one attached hydrogen (secondary N) is 1. The number of hydrogen-bond acceptors (Lipinski definition) is 4. The van der Waals surface area contributed by atoms with Crippen molar-refractivity contribution >= 4 is 28.4 Å². The van der Waals surface area contributed by atoms with Crippen molar-refractivity contribution in [1.29, 1.82) is 0 Å². The van der Waals surface area contributed by atoms with Gasteiger partial charge in [-0.1, -0.05) is 32.6 Å². The van der Waals surface area contributed by atoms with Crippen molar-refractivity contribution in [3.05, 3.63) is 15.1 Å². The van der Waals surface area contributed by atoms with Crippen LogP contribution in [0.3, 0.4) is 0 Å². The lowest BCUT2D eigenvalue weighted by Crippen LogP contribution is -2.31. The average molecular weight is 389 g/mol. The van der Waals surface area contributed by atoms with Crippen LogP contribution >= 0.6 is 22.6 Å². The van der Waals surface area contributed by atoms with Gasteiger partial charge in [-0.15, -0.1) is 0 Å². The number of halogens is 1. The largest absolute Gasteiger partial charge is 0.372 e. The van der Waals surface area contributed by atoms with Crippen LogP contribution in [-0.4, -0.2) is 24.1 Å². The highest BCUT2D eigenvalue weighted by Gasteiger charge is 2.36. The van der Waals surface area contributed by atoms with Crippen molar-refractivity contribution in [3.63, 3.8) is 0 Å². The van der Waals surface area contributed by atoms with Gasteiger partial charge < -0.3 is 10.1 Å². The first kappa shape index (κ1) is 15.9. The SMILES string of the molecule is CCc1nc(C2(OC)CCCCCC2)nc(NC)c1I. The maximum atomic E-state index is 5.93. The molecule has 0 unspecified atom stereocenters. The highest BCUT2D eigenvalue weighted by Crippen LogP contribution is 2.38. The fraction of sp³-hybridized carbons (Fsp3) is 0.733. The molecule has 5 heteroatoms. The monoisotopic (exact) mass is 389 g/mol. The molecule has 1 saturated carbocycles. The second kappa shape index (κ2) is 7.02. The molecule has 0 aromatic carbocycles. The lowest BCUT2D eigenvalue weighted by molar-refractivity contribution is -0.0352. The first-order valence-corrected chi connectivity index (χ1v) is 8.54. The third kappa shape index (κ3) is 3.08. The highest BCUT2D eigenvalue weighted by molar-refractivity contribution is 14.1. The zero-order valence-corrected chi connectivity index (χ0v) is 14.8. The number of methoxy groups -OCH3 is 1. The summed E-state index contributed by atoms with van der Waals surface area (Å²) in [4.78, 5) is 9.58. The molecule has 0 bridgehead atoms. The summed E-state index contributed by atoms with van der Waals surface area (Å²) in [6.07, 6.45) is 7.93. The maximum Gasteiger partial charge on any atom is 0.162 e. The molecule has 1 fully saturated rings. The number of ether oxygens (including phenoxy) is 1. The fourth-order valence-corrected chi connectivity index (χ4v) is 3.81. The van der Waals surface area contributed by atoms with E-state index in [1.54, 1.807) is 7.11 Å². The Labute approximate surface area is 135 Å². The van der Waals surface area contributed by atoms with E-state index in [2.05, 4.69) is 34.8 Å². The smallest absolute Gasteiger partial charge is 0.162 e. The van der Waals surface area contributed by atoms with E-state index in [1.807, 2.05) is 7.05 Å². The zero-order valence-electron chi connectivity index (χ0n) is 12.6. The standard InChI is InChI=1S/C15H24IN3O/c1-4-11-12(16)13(17-2)19-14(18-11)15(20-3)9-7-5-6-8-10-15/h4-10H2,1-3H3,(H,17,18,19). The third-order valence-corrected chi connectivity index (χ3v) is 5.33. The van der Waals surface area contributed by atoms with Gasteiger partial charge in [0.05, 0.1) is 9.26 Å². The quantitative estimate of drug-likeness (QED) is 0.627. The van der Waals surface area contributed by atoms with Gasteiger partial charge >= 0.3 is 0 Å². The lowest BCUT2D eigenvalue weighted by Gasteiger charge is -2.30. The van der Waals surface area contributed by atoms with Gasteiger partial charge in [0, 0.05) is 14.2 Å². The second-order valence-corrected chi connectivity index (χ2v) is 6.45. The summed E-state index contributed by atoms with van der Waals surface area (Å²) in [6.45, 7) is 2.14. The van der Waals surface area contributed by atoms with E-state index < -0.39 is 0 Å². The summed E-state index contributed by atoms with van der Waals surface area (Å²) in [6, 6.07) is 0. The molecule has 1 aliphatic carbocycles. The summed E-state index contributed by atoms with van der Waals surface area (Å²) >= 11 is 2.32. The number of aryl methyl sites for hydroxylation is 1. The highest BCUT2D eigenvalue weighted by atomic mass is 127. The second-order valence-electron chi connectivity index (χ2n) is 5.37. The predicted octanol–water partition coefficient (Wildman–Crippen LogP) is 3.88. The van der Waals surface area contributed by atoms with Crippen molar-refractivity contribution in [1.82, 2.24) is 9.97 Å². The van der Waals surface area contributed by atoms with E-state index in [9.17, 15) is 0 Å². The van der Waals surface area contributed by atoms with Crippen LogP contribution in [0.4, 0.5) is 5.82 Å². The average Bonchev–Trinajstić information content (AvgIpc) is 2.74. The lowest BCUT2D eigenvalue weighted by atomic mass is 9.93. The van der Waals surface area contributed by atoms with Gasteiger partial charge in [-0.3, -0.25) is 0 Å². The Kier molecular flexibility index (Phi) is 5.60. The molecule has 1 aliphatic rings. The van der Waals surface area contributed by atoms with Crippen LogP contribution in [0.5, 0.6) is 0 Å². The molecule has 0 aliphatic heterocycles. The molecule has 20 heavy (non-hydrogen) atoms. The molecule has 0 amide bonds. The number of anilines is 1. The van der Waals surface area contributed by atoms with Gasteiger partial charge in [-0.2, -0.15) is 0 Å². The van der Waals surface area contributed by atoms with Crippen LogP contribution in [-0.2, 0) is 16.8 Å². The summed E-state index contributed by atoms with van der Waals surface area (Å²) < 4.78 is 7.05. The minimum absolute atomic E-state index is 0.295. The van der Waals surface area contributed by atoms with Crippen molar-refractivity contribution < 1.29 is 4.74 Å². The molecule has 4 nitrogen and oxygen atoms in total. The molecule has 1 N–H and O–H groups in total. The van der Waals surface area contributed by atoms with Crippen LogP contribution in [0.2, 0.25) is 0 Å². The molecular weight excluding hydrogens is 365 g/mol. The minimum atomic E-state index is -0.295. The number of nitrogens with zero attached hydrogens (tertiary/aromatic N) is 2. The molecule has 1 heterocycles. The van der Waals surface area contributed by atoms with E-state index in [0.717, 1.165) is 40.2 Å². The van der Waals surface area contributed by atoms with Crippen molar-refractivity contribution in [3.8, 4) is 0 Å². The Morgan fingerprint density at radius 2 is 1.85 bits per heavy atom. The van der Waals surface area contributed by atoms with Gasteiger partial charge in [-0.25, -0.2) is 9.97 Å². The van der Waals surface area contributed by atoms with Crippen molar-refractivity contribution in [2.24, 2.45) is 0 Å². The Bertz CT molecular complexity index is 431. The van der Waals surface area contributed by atoms with Crippen molar-refractivity contribution in [2.75, 3.05) is 19.5 Å². The van der Waals surface area contributed by atoms with E-state index >= 15 is 0 Å². The topological polar surface area (TPSA) is 47.0 Å². The van der Waals surface area contributed by atoms with Gasteiger partial charge in [-0.05, 0) is 41.9 Å². The van der Waals surface area contributed by atoms with Gasteiger partial charge in [0.25, 0.3) is 0 Å². The Morgan fingerprint density at radius 3 is 2.35 bits per heavy atom. The molecule has 1 aromatic heterocycles. The summed E-state index contributed by atoms with van der Waals surface area (Å²) in [5.74, 6) is 1.79. The van der Waals surface area contributed by atoms with Gasteiger partial charge in [0.2, 0.25) is 0 Å². The van der Waals surface area contributed by atoms with Crippen LogP contribution < -0.4 is 5.32 Å². The fourth-order valence-electron chi connectivity index (χ4n) is 2.92. The van der Waals surface area contributed by atoms with E-state index in [0.29, 0.717) is 0 Å². The molecule has 1 aromatic rings. The number of hydrogen-bond donors (Lipinski definition) is 1. The maximum absolute atomic E-state index is 5.93. The predicted molar refractivity (Wildman–Crippen MR) is 90.1 cm³/mol. The Morgan fingerprint density at radius 1 is 1.20 bits per heavy atom. The molecule has 112 valence electrons. The number of rotatable bonds is 4. The molecule has 0 spiro atoms. The van der Waals surface area contributed by atoms with Crippen LogP contribution in [0.15, 0.2) is 0 Å². The minimum Gasteiger partial charge on any atom is -0.372 e. The van der Waals surface area contributed by atoms with Crippen molar-refractivity contribution in [2.45, 2.75) is 57.5 Å². The third-order valence-electron chi connectivity index (χ3n) is 4.20. The molecular formula is C15H24IN3O. The molecule has 0 radical (unpaired) electrons. The summed E-state index contributed by atoms with van der Waals surface area (Å²) in [7, 11) is 3.72. The first-order chi connectivity index (χ1) is 9.66. The zero-order chi connectivity index (χ0) is 14.6. The van der Waals surface area contributed by atoms with Crippen LogP contribution in [0.1, 0.15) is 57.0 Å². The van der Waals surface area contributed by atoms with E-state index in [1.165, 1.54) is 25.7 Å². The van der Waals surface area contributed by atoms with Gasteiger partial charge in [0.1, 0.15) is 11.4 Å². The molecule has 0 atom stereocenters. The summed E-state index contributed by atoms with van der Waals surface area (Å²) in [5.41, 5.74) is 0.816.